The lowest BCUT2D eigenvalue weighted by Gasteiger charge is -2.21. The fourth-order valence-electron chi connectivity index (χ4n) is 1.48. The van der Waals surface area contributed by atoms with Crippen molar-refractivity contribution in [2.24, 2.45) is 11.7 Å². The maximum atomic E-state index is 13.4. The van der Waals surface area contributed by atoms with Gasteiger partial charge in [0.2, 0.25) is 0 Å². The smallest absolute Gasteiger partial charge is 0.127 e. The molecule has 0 aromatic heterocycles. The summed E-state index contributed by atoms with van der Waals surface area (Å²) >= 11 is 0. The summed E-state index contributed by atoms with van der Waals surface area (Å²) in [6, 6.07) is 5.76. The second-order valence-corrected chi connectivity index (χ2v) is 3.45. The van der Waals surface area contributed by atoms with Crippen LogP contribution < -0.4 is 5.73 Å². The molecule has 1 rings (SSSR count). The maximum Gasteiger partial charge on any atom is 0.127 e. The Balaban J connectivity index is 2.82. The van der Waals surface area contributed by atoms with Gasteiger partial charge < -0.3 is 15.6 Å². The third-order valence-electron chi connectivity index (χ3n) is 2.39. The molecule has 1 aromatic carbocycles. The van der Waals surface area contributed by atoms with Gasteiger partial charge in [0.15, 0.2) is 0 Å². The lowest BCUT2D eigenvalue weighted by molar-refractivity contribution is 0.0946. The quantitative estimate of drug-likeness (QED) is 0.769. The first-order chi connectivity index (χ1) is 7.20. The molecule has 1 unspecified atom stereocenters. The van der Waals surface area contributed by atoms with Gasteiger partial charge in [-0.2, -0.15) is 0 Å². The summed E-state index contributed by atoms with van der Waals surface area (Å²) in [5.74, 6) is -0.633. The topological polar surface area (TPSA) is 55.5 Å². The van der Waals surface area contributed by atoms with E-state index >= 15 is 0 Å². The molecule has 0 bridgehead atoms. The minimum atomic E-state index is -0.545. The van der Waals surface area contributed by atoms with Crippen molar-refractivity contribution in [3.05, 3.63) is 35.6 Å². The molecule has 3 nitrogen and oxygen atoms in total. The minimum Gasteiger partial charge on any atom is -0.396 e. The zero-order valence-electron chi connectivity index (χ0n) is 8.69. The van der Waals surface area contributed by atoms with Gasteiger partial charge in [0.05, 0.1) is 6.61 Å². The number of hydrogen-bond donors (Lipinski definition) is 2. The summed E-state index contributed by atoms with van der Waals surface area (Å²) in [4.78, 5) is 0. The van der Waals surface area contributed by atoms with Crippen LogP contribution in [-0.2, 0) is 4.74 Å². The van der Waals surface area contributed by atoms with E-state index in [-0.39, 0.29) is 18.3 Å². The lowest BCUT2D eigenvalue weighted by Crippen LogP contribution is -2.28. The second kappa shape index (κ2) is 5.80. The van der Waals surface area contributed by atoms with Crippen LogP contribution in [-0.4, -0.2) is 25.4 Å². The van der Waals surface area contributed by atoms with Crippen molar-refractivity contribution in [1.82, 2.24) is 0 Å². The Morgan fingerprint density at radius 1 is 1.47 bits per heavy atom. The van der Waals surface area contributed by atoms with Crippen LogP contribution in [0.25, 0.3) is 0 Å². The number of halogens is 1. The highest BCUT2D eigenvalue weighted by molar-refractivity contribution is 5.21. The van der Waals surface area contributed by atoms with E-state index in [1.165, 1.54) is 13.2 Å². The third kappa shape index (κ3) is 2.99. The molecule has 0 fully saturated rings. The Kier molecular flexibility index (Phi) is 4.68. The van der Waals surface area contributed by atoms with Gasteiger partial charge in [0.25, 0.3) is 0 Å². The highest BCUT2D eigenvalue weighted by Crippen LogP contribution is 2.21. The van der Waals surface area contributed by atoms with Gasteiger partial charge in [0.1, 0.15) is 5.82 Å². The summed E-state index contributed by atoms with van der Waals surface area (Å²) < 4.78 is 18.3. The van der Waals surface area contributed by atoms with Gasteiger partial charge in [-0.25, -0.2) is 4.39 Å². The first-order valence-corrected chi connectivity index (χ1v) is 4.80. The number of aliphatic hydroxyl groups is 1. The molecule has 2 atom stereocenters. The fourth-order valence-corrected chi connectivity index (χ4v) is 1.48. The van der Waals surface area contributed by atoms with E-state index in [4.69, 9.17) is 15.6 Å². The van der Waals surface area contributed by atoms with E-state index in [0.29, 0.717) is 12.2 Å². The van der Waals surface area contributed by atoms with Crippen LogP contribution in [0, 0.1) is 11.7 Å². The number of hydrogen-bond acceptors (Lipinski definition) is 3. The first kappa shape index (κ1) is 12.1. The van der Waals surface area contributed by atoms with Crippen molar-refractivity contribution in [3.8, 4) is 0 Å². The Morgan fingerprint density at radius 2 is 2.13 bits per heavy atom. The highest BCUT2D eigenvalue weighted by atomic mass is 19.1. The molecule has 0 aliphatic rings. The van der Waals surface area contributed by atoms with E-state index in [9.17, 15) is 4.39 Å². The van der Waals surface area contributed by atoms with Crippen molar-refractivity contribution in [3.63, 3.8) is 0 Å². The van der Waals surface area contributed by atoms with Crippen LogP contribution in [0.5, 0.6) is 0 Å². The molecule has 0 spiro atoms. The van der Waals surface area contributed by atoms with E-state index in [1.807, 2.05) is 0 Å². The summed E-state index contributed by atoms with van der Waals surface area (Å²) in [7, 11) is 1.52. The molecule has 0 saturated heterocycles. The molecule has 0 aliphatic heterocycles. The molecule has 0 radical (unpaired) electrons. The standard InChI is InChI=1S/C11H16FNO2/c1-15-7-8(6-14)11(13)9-4-2-3-5-10(9)12/h2-5,8,11,14H,6-7,13H2,1H3/t8?,11-/m0/s1. The van der Waals surface area contributed by atoms with Crippen LogP contribution >= 0.6 is 0 Å². The Bertz CT molecular complexity index is 306. The number of benzene rings is 1. The molecule has 0 amide bonds. The predicted molar refractivity (Wildman–Crippen MR) is 55.8 cm³/mol. The maximum absolute atomic E-state index is 13.4. The monoisotopic (exact) mass is 213 g/mol. The van der Waals surface area contributed by atoms with Gasteiger partial charge in [-0.15, -0.1) is 0 Å². The van der Waals surface area contributed by atoms with E-state index in [2.05, 4.69) is 0 Å². The molecule has 3 N–H and O–H groups in total. The first-order valence-electron chi connectivity index (χ1n) is 4.80. The number of aliphatic hydroxyl groups excluding tert-OH is 1. The number of methoxy groups -OCH3 is 1. The summed E-state index contributed by atoms with van der Waals surface area (Å²) in [5.41, 5.74) is 6.27. The molecule has 15 heavy (non-hydrogen) atoms. The van der Waals surface area contributed by atoms with Gasteiger partial charge in [-0.05, 0) is 6.07 Å². The number of rotatable bonds is 5. The predicted octanol–water partition coefficient (Wildman–Crippen LogP) is 1.08. The molecule has 0 saturated carbocycles. The molecule has 84 valence electrons. The van der Waals surface area contributed by atoms with Crippen LogP contribution in [0.2, 0.25) is 0 Å². The zero-order valence-corrected chi connectivity index (χ0v) is 8.69. The average molecular weight is 213 g/mol. The van der Waals surface area contributed by atoms with Crippen molar-refractivity contribution in [2.45, 2.75) is 6.04 Å². The molecular formula is C11H16FNO2. The van der Waals surface area contributed by atoms with E-state index in [0.717, 1.165) is 0 Å². The molecule has 0 heterocycles. The Hall–Kier alpha value is -0.970. The van der Waals surface area contributed by atoms with E-state index in [1.54, 1.807) is 18.2 Å². The normalized spacial score (nSPS) is 14.9. The third-order valence-corrected chi connectivity index (χ3v) is 2.39. The second-order valence-electron chi connectivity index (χ2n) is 3.45. The summed E-state index contributed by atoms with van der Waals surface area (Å²) in [6.07, 6.45) is 0. The van der Waals surface area contributed by atoms with Crippen molar-refractivity contribution in [2.75, 3.05) is 20.3 Å². The number of ether oxygens (including phenoxy) is 1. The largest absolute Gasteiger partial charge is 0.396 e. The van der Waals surface area contributed by atoms with Gasteiger partial charge >= 0.3 is 0 Å². The Labute approximate surface area is 88.7 Å². The van der Waals surface area contributed by atoms with Crippen LogP contribution in [0.1, 0.15) is 11.6 Å². The summed E-state index contributed by atoms with van der Waals surface area (Å²) in [6.45, 7) is 0.190. The minimum absolute atomic E-state index is 0.122. The molecule has 4 heteroatoms. The van der Waals surface area contributed by atoms with Gasteiger partial charge in [0, 0.05) is 31.2 Å². The van der Waals surface area contributed by atoms with Gasteiger partial charge in [-0.1, -0.05) is 18.2 Å². The van der Waals surface area contributed by atoms with Crippen molar-refractivity contribution in [1.29, 1.82) is 0 Å². The lowest BCUT2D eigenvalue weighted by atomic mass is 9.95. The summed E-state index contributed by atoms with van der Waals surface area (Å²) in [5, 5.41) is 9.10. The zero-order chi connectivity index (χ0) is 11.3. The molecular weight excluding hydrogens is 197 g/mol. The van der Waals surface area contributed by atoms with Gasteiger partial charge in [-0.3, -0.25) is 0 Å². The fraction of sp³-hybridized carbons (Fsp3) is 0.455. The van der Waals surface area contributed by atoms with E-state index < -0.39 is 6.04 Å². The van der Waals surface area contributed by atoms with Crippen LogP contribution in [0.15, 0.2) is 24.3 Å². The number of nitrogens with two attached hydrogens (primary N) is 1. The van der Waals surface area contributed by atoms with Crippen LogP contribution in [0.4, 0.5) is 4.39 Å². The van der Waals surface area contributed by atoms with Crippen molar-refractivity contribution >= 4 is 0 Å². The molecule has 0 aliphatic carbocycles. The Morgan fingerprint density at radius 3 is 2.67 bits per heavy atom. The molecule has 1 aromatic rings. The highest BCUT2D eigenvalue weighted by Gasteiger charge is 2.21. The van der Waals surface area contributed by atoms with Crippen molar-refractivity contribution < 1.29 is 14.2 Å². The van der Waals surface area contributed by atoms with Crippen LogP contribution in [0.3, 0.4) is 0 Å². The SMILES string of the molecule is COCC(CO)[C@H](N)c1ccccc1F. The average Bonchev–Trinajstić information content (AvgIpc) is 2.25.